The highest BCUT2D eigenvalue weighted by atomic mass is 32.2. The maximum Gasteiger partial charge on any atom is 0.235 e. The normalized spacial score (nSPS) is 12.1. The van der Waals surface area contributed by atoms with Crippen LogP contribution in [0.3, 0.4) is 0 Å². The van der Waals surface area contributed by atoms with Crippen LogP contribution in [0.15, 0.2) is 0 Å². The molecule has 102 valence electrons. The van der Waals surface area contributed by atoms with Crippen LogP contribution in [-0.4, -0.2) is 70.1 Å². The molecule has 0 radical (unpaired) electrons. The summed E-state index contributed by atoms with van der Waals surface area (Å²) < 4.78 is 24.2. The third kappa shape index (κ3) is 8.12. The van der Waals surface area contributed by atoms with Gasteiger partial charge in [0.05, 0.1) is 12.8 Å². The summed E-state index contributed by atoms with van der Waals surface area (Å²) >= 11 is 0. The highest BCUT2D eigenvalue weighted by Gasteiger charge is 2.19. The average molecular weight is 265 g/mol. The molecule has 0 aromatic rings. The molecule has 17 heavy (non-hydrogen) atoms. The summed E-state index contributed by atoms with van der Waals surface area (Å²) in [6, 6.07) is 0. The summed E-state index contributed by atoms with van der Waals surface area (Å²) in [5, 5.41) is 2.66. The molecule has 1 N–H and O–H groups in total. The van der Waals surface area contributed by atoms with E-state index in [-0.39, 0.29) is 12.5 Å². The van der Waals surface area contributed by atoms with Gasteiger partial charge in [0, 0.05) is 19.6 Å². The fourth-order valence-corrected chi connectivity index (χ4v) is 1.92. The lowest BCUT2D eigenvalue weighted by Crippen LogP contribution is -2.43. The average Bonchev–Trinajstić information content (AvgIpc) is 2.19. The molecule has 0 saturated carbocycles. The van der Waals surface area contributed by atoms with Gasteiger partial charge in [0.25, 0.3) is 0 Å². The van der Waals surface area contributed by atoms with Gasteiger partial charge in [-0.15, -0.1) is 0 Å². The molecule has 0 aliphatic carbocycles. The van der Waals surface area contributed by atoms with Crippen LogP contribution in [0, 0.1) is 0 Å². The number of likely N-dealkylation sites (N-methyl/N-ethyl adjacent to an activating group) is 1. The number of carbonyl (C=O) groups is 1. The van der Waals surface area contributed by atoms with Gasteiger partial charge in [-0.1, -0.05) is 6.92 Å². The highest BCUT2D eigenvalue weighted by molar-refractivity contribution is 7.88. The lowest BCUT2D eigenvalue weighted by molar-refractivity contribution is -0.121. The molecular formula is C10H23N3O3S. The lowest BCUT2D eigenvalue weighted by atomic mass is 10.4. The Hall–Kier alpha value is -0.660. The molecule has 0 unspecified atom stereocenters. The minimum atomic E-state index is -3.33. The van der Waals surface area contributed by atoms with Crippen molar-refractivity contribution in [3.8, 4) is 0 Å². The molecule has 0 aliphatic heterocycles. The molecule has 0 aliphatic rings. The van der Waals surface area contributed by atoms with Crippen LogP contribution in [-0.2, 0) is 14.8 Å². The zero-order valence-corrected chi connectivity index (χ0v) is 11.9. The Labute approximate surface area is 104 Å². The molecule has 0 aromatic heterocycles. The van der Waals surface area contributed by atoms with Crippen LogP contribution in [0.25, 0.3) is 0 Å². The molecule has 6 nitrogen and oxygen atoms in total. The van der Waals surface area contributed by atoms with Crippen LogP contribution >= 0.6 is 0 Å². The third-order valence-corrected chi connectivity index (χ3v) is 3.41. The van der Waals surface area contributed by atoms with Crippen molar-refractivity contribution >= 4 is 15.9 Å². The maximum atomic E-state index is 11.5. The zero-order valence-electron chi connectivity index (χ0n) is 11.1. The lowest BCUT2D eigenvalue weighted by Gasteiger charge is -2.21. The van der Waals surface area contributed by atoms with Crippen molar-refractivity contribution < 1.29 is 13.2 Å². The monoisotopic (exact) mass is 265 g/mol. The number of hydrogen-bond donors (Lipinski definition) is 1. The van der Waals surface area contributed by atoms with Gasteiger partial charge in [0.1, 0.15) is 0 Å². The first-order valence-corrected chi connectivity index (χ1v) is 7.48. The zero-order chi connectivity index (χ0) is 13.5. The Morgan fingerprint density at radius 2 is 1.82 bits per heavy atom. The molecule has 0 bridgehead atoms. The predicted molar refractivity (Wildman–Crippen MR) is 68.3 cm³/mol. The largest absolute Gasteiger partial charge is 0.355 e. The van der Waals surface area contributed by atoms with Crippen molar-refractivity contribution in [2.75, 3.05) is 46.5 Å². The summed E-state index contributed by atoms with van der Waals surface area (Å²) in [5.74, 6) is -0.254. The first kappa shape index (κ1) is 16.3. The third-order valence-electron chi connectivity index (χ3n) is 2.16. The van der Waals surface area contributed by atoms with E-state index in [0.29, 0.717) is 19.6 Å². The van der Waals surface area contributed by atoms with Gasteiger partial charge < -0.3 is 10.2 Å². The first-order chi connectivity index (χ1) is 7.77. The molecule has 0 spiro atoms. The second-order valence-electron chi connectivity index (χ2n) is 4.25. The van der Waals surface area contributed by atoms with E-state index < -0.39 is 10.0 Å². The summed E-state index contributed by atoms with van der Waals surface area (Å²) in [6.45, 7) is 3.33. The minimum absolute atomic E-state index is 0.104. The van der Waals surface area contributed by atoms with Crippen molar-refractivity contribution in [1.29, 1.82) is 0 Å². The Morgan fingerprint density at radius 3 is 2.24 bits per heavy atom. The number of hydrogen-bond acceptors (Lipinski definition) is 4. The molecule has 7 heteroatoms. The van der Waals surface area contributed by atoms with E-state index in [0.717, 1.165) is 12.7 Å². The van der Waals surface area contributed by atoms with Crippen molar-refractivity contribution in [2.24, 2.45) is 0 Å². The number of amides is 1. The number of rotatable bonds is 8. The predicted octanol–water partition coefficient (Wildman–Crippen LogP) is -0.664. The van der Waals surface area contributed by atoms with E-state index in [9.17, 15) is 13.2 Å². The number of sulfonamides is 1. The SMILES string of the molecule is CCCNC(=O)CN(CCN(C)C)S(C)(=O)=O. The van der Waals surface area contributed by atoms with E-state index in [1.165, 1.54) is 4.31 Å². The maximum absolute atomic E-state index is 11.5. The van der Waals surface area contributed by atoms with E-state index >= 15 is 0 Å². The Morgan fingerprint density at radius 1 is 1.24 bits per heavy atom. The standard InChI is InChI=1S/C10H23N3O3S/c1-5-6-11-10(14)9-13(17(4,15)16)8-7-12(2)3/h5-9H2,1-4H3,(H,11,14). The van der Waals surface area contributed by atoms with Crippen LogP contribution < -0.4 is 5.32 Å². The Kier molecular flexibility index (Phi) is 7.33. The first-order valence-electron chi connectivity index (χ1n) is 5.64. The molecule has 0 rings (SSSR count). The van der Waals surface area contributed by atoms with Gasteiger partial charge in [-0.25, -0.2) is 8.42 Å². The van der Waals surface area contributed by atoms with E-state index in [1.807, 2.05) is 25.9 Å². The minimum Gasteiger partial charge on any atom is -0.355 e. The summed E-state index contributed by atoms with van der Waals surface area (Å²) in [6.07, 6.45) is 1.96. The Bertz CT molecular complexity index is 328. The quantitative estimate of drug-likeness (QED) is 0.632. The van der Waals surface area contributed by atoms with Gasteiger partial charge in [-0.3, -0.25) is 4.79 Å². The molecule has 0 atom stereocenters. The van der Waals surface area contributed by atoms with E-state index in [1.54, 1.807) is 0 Å². The van der Waals surface area contributed by atoms with Crippen molar-refractivity contribution in [3.63, 3.8) is 0 Å². The number of carbonyl (C=O) groups excluding carboxylic acids is 1. The number of nitrogens with zero attached hydrogens (tertiary/aromatic N) is 2. The second kappa shape index (κ2) is 7.62. The molecule has 0 fully saturated rings. The molecule has 0 aromatic carbocycles. The van der Waals surface area contributed by atoms with E-state index in [4.69, 9.17) is 0 Å². The van der Waals surface area contributed by atoms with Gasteiger partial charge in [-0.2, -0.15) is 4.31 Å². The van der Waals surface area contributed by atoms with Crippen LogP contribution in [0.4, 0.5) is 0 Å². The van der Waals surface area contributed by atoms with Crippen molar-refractivity contribution in [2.45, 2.75) is 13.3 Å². The van der Waals surface area contributed by atoms with Crippen LogP contribution in [0.2, 0.25) is 0 Å². The summed E-state index contributed by atoms with van der Waals surface area (Å²) in [4.78, 5) is 13.3. The Balaban J connectivity index is 4.35. The summed E-state index contributed by atoms with van der Waals surface area (Å²) in [5.41, 5.74) is 0. The van der Waals surface area contributed by atoms with Gasteiger partial charge >= 0.3 is 0 Å². The van der Waals surface area contributed by atoms with Gasteiger partial charge in [0.2, 0.25) is 15.9 Å². The van der Waals surface area contributed by atoms with Crippen LogP contribution in [0.5, 0.6) is 0 Å². The van der Waals surface area contributed by atoms with Gasteiger partial charge in [0.15, 0.2) is 0 Å². The van der Waals surface area contributed by atoms with Crippen LogP contribution in [0.1, 0.15) is 13.3 Å². The summed E-state index contributed by atoms with van der Waals surface area (Å²) in [7, 11) is 0.383. The second-order valence-corrected chi connectivity index (χ2v) is 6.23. The van der Waals surface area contributed by atoms with Crippen molar-refractivity contribution in [1.82, 2.24) is 14.5 Å². The highest BCUT2D eigenvalue weighted by Crippen LogP contribution is 1.97. The smallest absolute Gasteiger partial charge is 0.235 e. The van der Waals surface area contributed by atoms with E-state index in [2.05, 4.69) is 5.32 Å². The fourth-order valence-electron chi connectivity index (χ4n) is 1.15. The van der Waals surface area contributed by atoms with Crippen molar-refractivity contribution in [3.05, 3.63) is 0 Å². The topological polar surface area (TPSA) is 69.7 Å². The molecule has 1 amide bonds. The molecular weight excluding hydrogens is 242 g/mol. The number of nitrogens with one attached hydrogen (secondary N) is 1. The van der Waals surface area contributed by atoms with Gasteiger partial charge in [-0.05, 0) is 20.5 Å². The molecule has 0 heterocycles. The fraction of sp³-hybridized carbons (Fsp3) is 0.900. The molecule has 0 saturated heterocycles.